The van der Waals surface area contributed by atoms with Crippen LogP contribution in [0.3, 0.4) is 0 Å². The molecule has 0 aromatic heterocycles. The molecule has 7 heteroatoms. The van der Waals surface area contributed by atoms with E-state index in [1.165, 1.54) is 76.8 Å². The van der Waals surface area contributed by atoms with Crippen molar-refractivity contribution >= 4 is 50.2 Å². The summed E-state index contributed by atoms with van der Waals surface area (Å²) in [5.41, 5.74) is 11.2. The van der Waals surface area contributed by atoms with Crippen molar-refractivity contribution in [3.63, 3.8) is 0 Å². The van der Waals surface area contributed by atoms with Crippen LogP contribution in [0.1, 0.15) is 49.9 Å². The Kier molecular flexibility index (Phi) is 26.8. The second-order valence-corrected chi connectivity index (χ2v) is 22.6. The molecule has 0 fully saturated rings. The number of fused-ring (bicyclic) bond motifs is 3. The predicted molar refractivity (Wildman–Crippen MR) is 232 cm³/mol. The largest absolute Gasteiger partial charge is 4.00 e. The summed E-state index contributed by atoms with van der Waals surface area (Å²) >= 11 is 1.74. The zero-order valence-corrected chi connectivity index (χ0v) is 42.3. The van der Waals surface area contributed by atoms with Crippen LogP contribution in [-0.2, 0) is 75.2 Å². The number of halogens is 4. The zero-order valence-electron chi connectivity index (χ0n) is 33.3. The molecule has 0 spiro atoms. The summed E-state index contributed by atoms with van der Waals surface area (Å²) in [6, 6.07) is 54.7. The molecular formula is C49H52Cl4SiZr2. The molecule has 0 aliphatic heterocycles. The Morgan fingerprint density at radius 1 is 0.446 bits per heavy atom. The zero-order chi connectivity index (χ0) is 36.2. The van der Waals surface area contributed by atoms with Crippen molar-refractivity contribution in [2.75, 3.05) is 0 Å². The average Bonchev–Trinajstić information content (AvgIpc) is 3.92. The van der Waals surface area contributed by atoms with E-state index in [1.54, 1.807) is 23.3 Å². The first-order valence-electron chi connectivity index (χ1n) is 18.5. The van der Waals surface area contributed by atoms with Crippen molar-refractivity contribution in [2.45, 2.75) is 66.5 Å². The van der Waals surface area contributed by atoms with E-state index in [9.17, 15) is 0 Å². The van der Waals surface area contributed by atoms with Gasteiger partial charge in [0.25, 0.3) is 0 Å². The van der Waals surface area contributed by atoms with Gasteiger partial charge in [0, 0.05) is 0 Å². The number of rotatable bonds is 6. The van der Waals surface area contributed by atoms with Crippen LogP contribution < -0.4 is 37.2 Å². The van der Waals surface area contributed by atoms with Crippen molar-refractivity contribution in [1.29, 1.82) is 0 Å². The second-order valence-electron chi connectivity index (χ2n) is 13.3. The molecule has 0 amide bonds. The summed E-state index contributed by atoms with van der Waals surface area (Å²) in [7, 11) is 0. The minimum absolute atomic E-state index is 0. The normalized spacial score (nSPS) is 9.64. The number of benzene rings is 5. The molecule has 0 atom stereocenters. The van der Waals surface area contributed by atoms with Gasteiger partial charge in [0.2, 0.25) is 0 Å². The van der Waals surface area contributed by atoms with Gasteiger partial charge in [0.15, 0.2) is 0 Å². The molecule has 8 aromatic rings. The van der Waals surface area contributed by atoms with Gasteiger partial charge in [-0.3, -0.25) is 0 Å². The molecule has 0 aliphatic carbocycles. The minimum atomic E-state index is 0. The smallest absolute Gasteiger partial charge is 1.00 e. The Bertz CT molecular complexity index is 2180. The molecule has 0 N–H and O–H groups in total. The summed E-state index contributed by atoms with van der Waals surface area (Å²) in [4.78, 5) is 0. The third-order valence-electron chi connectivity index (χ3n) is 9.30. The fraction of sp³-hybridized carbons (Fsp3) is 0.204. The summed E-state index contributed by atoms with van der Waals surface area (Å²) < 4.78 is 0. The van der Waals surface area contributed by atoms with Crippen LogP contribution in [0.15, 0.2) is 152 Å². The maximum absolute atomic E-state index is 2.33. The van der Waals surface area contributed by atoms with E-state index < -0.39 is 0 Å². The first-order chi connectivity index (χ1) is 24.8. The Labute approximate surface area is 395 Å². The van der Waals surface area contributed by atoms with E-state index >= 15 is 0 Å². The van der Waals surface area contributed by atoms with Crippen molar-refractivity contribution < 1.29 is 86.8 Å². The first-order valence-corrected chi connectivity index (χ1v) is 24.7. The van der Waals surface area contributed by atoms with E-state index in [0.29, 0.717) is 0 Å². The van der Waals surface area contributed by atoms with Gasteiger partial charge >= 0.3 is 68.1 Å². The monoisotopic (exact) mass is 988 g/mol. The molecule has 0 unspecified atom stereocenters. The van der Waals surface area contributed by atoms with Gasteiger partial charge in [0.1, 0.15) is 0 Å². The van der Waals surface area contributed by atoms with E-state index in [-0.39, 0.29) is 81.3 Å². The van der Waals surface area contributed by atoms with Crippen molar-refractivity contribution in [2.24, 2.45) is 0 Å². The van der Waals surface area contributed by atoms with E-state index in [2.05, 4.69) is 192 Å². The summed E-state index contributed by atoms with van der Waals surface area (Å²) in [6.45, 7) is 13.5. The van der Waals surface area contributed by atoms with Gasteiger partial charge in [-0.15, -0.1) is 116 Å². The Hall–Kier alpha value is -1.93. The summed E-state index contributed by atoms with van der Waals surface area (Å²) in [6.07, 6.45) is 4.47. The van der Waals surface area contributed by atoms with Crippen molar-refractivity contribution in [3.8, 4) is 22.3 Å². The van der Waals surface area contributed by atoms with Crippen LogP contribution in [0.25, 0.3) is 54.6 Å². The predicted octanol–water partition coefficient (Wildman–Crippen LogP) is 5.48. The number of hydrogen-bond donors (Lipinski definition) is 0. The van der Waals surface area contributed by atoms with E-state index in [0.717, 1.165) is 25.7 Å². The molecule has 0 saturated carbocycles. The molecule has 56 heavy (non-hydrogen) atoms. The Morgan fingerprint density at radius 3 is 1.11 bits per heavy atom. The average molecular weight is 993 g/mol. The van der Waals surface area contributed by atoms with Crippen molar-refractivity contribution in [1.82, 2.24) is 0 Å². The maximum atomic E-state index is 2.33. The van der Waals surface area contributed by atoms with Crippen LogP contribution in [0.2, 0.25) is 13.1 Å². The van der Waals surface area contributed by atoms with Gasteiger partial charge in [0.05, 0.1) is 0 Å². The van der Waals surface area contributed by atoms with E-state index in [1.807, 2.05) is 0 Å². The minimum Gasteiger partial charge on any atom is -1.00 e. The fourth-order valence-corrected chi connectivity index (χ4v) is 6.61. The standard InChI is InChI=1S/2C17H15.C13H15.C2H6Si.4ClH.2Zr/c2*1-2-13-11-15-9-6-10-16(17(15)12-13)14-7-4-3-5-8-14;1-3-10-8-12-7-5-6-11(4-2)13(12)9-10;1-3-2;;;;;;/h2*3-12H,2H2,1H3;5-9H,3-4H2,1-2H3;1-2H3;4*1H;;/q3*-1;;;;;;+2;+4/p-3. The van der Waals surface area contributed by atoms with Crippen LogP contribution in [0.5, 0.6) is 0 Å². The molecule has 8 aromatic carbocycles. The second kappa shape index (κ2) is 27.7. The Morgan fingerprint density at radius 2 is 0.768 bits per heavy atom. The van der Waals surface area contributed by atoms with Gasteiger partial charge < -0.3 is 37.2 Å². The molecule has 0 aliphatic rings. The van der Waals surface area contributed by atoms with Gasteiger partial charge in [-0.1, -0.05) is 123 Å². The molecule has 0 heterocycles. The topological polar surface area (TPSA) is 0 Å². The van der Waals surface area contributed by atoms with Crippen LogP contribution in [0, 0.1) is 0 Å². The SMILES string of the molecule is CCc1cc2c(-c3ccccc3)cccc2[cH-]1.CCc1cc2c(-c3ccccc3)cccc2[cH-]1.CCc1cc2c(CC)cccc2[cH-]1.C[Si](C)=[Zr+2].Cl.[Cl-].[Cl-].[Cl-].[Zr+4]. The van der Waals surface area contributed by atoms with E-state index in [4.69, 9.17) is 0 Å². The molecule has 0 bridgehead atoms. The van der Waals surface area contributed by atoms with Gasteiger partial charge in [-0.2, -0.15) is 18.2 Å². The molecule has 0 saturated heterocycles. The number of aryl methyl sites for hydroxylation is 4. The fourth-order valence-electron chi connectivity index (χ4n) is 6.61. The van der Waals surface area contributed by atoms with Gasteiger partial charge in [-0.05, 0) is 36.8 Å². The Balaban J connectivity index is 0.000000747. The van der Waals surface area contributed by atoms with Crippen molar-refractivity contribution in [3.05, 3.63) is 174 Å². The quantitative estimate of drug-likeness (QED) is 0.153. The third kappa shape index (κ3) is 14.7. The maximum Gasteiger partial charge on any atom is 4.00 e. The van der Waals surface area contributed by atoms with Crippen LogP contribution >= 0.6 is 12.4 Å². The molecule has 0 radical (unpaired) electrons. The van der Waals surface area contributed by atoms with Crippen LogP contribution in [-0.4, -0.2) is 5.43 Å². The first kappa shape index (κ1) is 54.1. The molecule has 8 rings (SSSR count). The van der Waals surface area contributed by atoms with Gasteiger partial charge in [-0.25, -0.2) is 0 Å². The van der Waals surface area contributed by atoms with Crippen LogP contribution in [0.4, 0.5) is 0 Å². The third-order valence-corrected chi connectivity index (χ3v) is 9.30. The molecule has 0 nitrogen and oxygen atoms in total. The summed E-state index contributed by atoms with van der Waals surface area (Å²) in [5, 5.41) is 8.29. The summed E-state index contributed by atoms with van der Waals surface area (Å²) in [5.74, 6) is 0. The molecular weight excluding hydrogens is 941 g/mol. The molecule has 288 valence electrons. The number of hydrogen-bond acceptors (Lipinski definition) is 0.